The lowest BCUT2D eigenvalue weighted by molar-refractivity contribution is 0.616. The van der Waals surface area contributed by atoms with Crippen LogP contribution in [0.25, 0.3) is 0 Å². The number of aliphatic imine (C=N–C) groups is 1. The molecular weight excluding hydrogens is 174 g/mol. The van der Waals surface area contributed by atoms with Crippen LogP contribution in [0.5, 0.6) is 0 Å². The molecule has 0 atom stereocenters. The highest BCUT2D eigenvalue weighted by molar-refractivity contribution is 8.17. The van der Waals surface area contributed by atoms with Gasteiger partial charge in [0.2, 0.25) is 0 Å². The van der Waals surface area contributed by atoms with Crippen molar-refractivity contribution in [3.8, 4) is 0 Å². The molecule has 0 rings (SSSR count). The molecule has 0 saturated carbocycles. The van der Waals surface area contributed by atoms with Gasteiger partial charge in [-0.25, -0.2) is 8.42 Å². The van der Waals surface area contributed by atoms with Gasteiger partial charge >= 0.3 is 0 Å². The van der Waals surface area contributed by atoms with Crippen molar-refractivity contribution in [1.82, 2.24) is 0 Å². The second-order valence-electron chi connectivity index (χ2n) is 1.52. The standard InChI is InChI=1S/C5H8ClNO2S/c1-3-5(4-7-2)10(6,8)9/h3-4H,1-2H3/b5-3+,7-4-. The SMILES string of the molecule is C/C=C(\C=N/C)S(=O)(=O)Cl. The maximum Gasteiger partial charge on any atom is 0.262 e. The predicted molar refractivity (Wildman–Crippen MR) is 42.9 cm³/mol. The molecular formula is C5H8ClNO2S. The molecule has 10 heavy (non-hydrogen) atoms. The molecule has 0 aliphatic heterocycles. The van der Waals surface area contributed by atoms with Crippen molar-refractivity contribution in [1.29, 1.82) is 0 Å². The summed E-state index contributed by atoms with van der Waals surface area (Å²) in [5.74, 6) is 0. The van der Waals surface area contributed by atoms with Crippen molar-refractivity contribution in [2.24, 2.45) is 4.99 Å². The van der Waals surface area contributed by atoms with Gasteiger partial charge in [0.1, 0.15) is 0 Å². The zero-order valence-electron chi connectivity index (χ0n) is 5.70. The Balaban J connectivity index is 4.75. The number of allylic oxidation sites excluding steroid dienone is 2. The van der Waals surface area contributed by atoms with Gasteiger partial charge < -0.3 is 0 Å². The normalized spacial score (nSPS) is 14.5. The van der Waals surface area contributed by atoms with E-state index in [1.807, 2.05) is 0 Å². The molecule has 0 aromatic rings. The van der Waals surface area contributed by atoms with E-state index in [1.54, 1.807) is 6.92 Å². The van der Waals surface area contributed by atoms with Gasteiger partial charge in [0, 0.05) is 23.9 Å². The van der Waals surface area contributed by atoms with Crippen molar-refractivity contribution in [2.75, 3.05) is 7.05 Å². The van der Waals surface area contributed by atoms with E-state index < -0.39 is 9.05 Å². The summed E-state index contributed by atoms with van der Waals surface area (Å²) in [7, 11) is 2.88. The van der Waals surface area contributed by atoms with Gasteiger partial charge in [-0.2, -0.15) is 0 Å². The van der Waals surface area contributed by atoms with Gasteiger partial charge in [-0.15, -0.1) is 0 Å². The minimum absolute atomic E-state index is 0.0247. The third-order valence-electron chi connectivity index (χ3n) is 0.822. The van der Waals surface area contributed by atoms with Crippen LogP contribution in [0.15, 0.2) is 16.0 Å². The molecule has 0 aromatic carbocycles. The van der Waals surface area contributed by atoms with Gasteiger partial charge in [-0.1, -0.05) is 6.08 Å². The van der Waals surface area contributed by atoms with E-state index in [4.69, 9.17) is 10.7 Å². The highest BCUT2D eigenvalue weighted by atomic mass is 35.7. The van der Waals surface area contributed by atoms with Gasteiger partial charge in [0.15, 0.2) is 0 Å². The van der Waals surface area contributed by atoms with Crippen molar-refractivity contribution in [2.45, 2.75) is 6.92 Å². The van der Waals surface area contributed by atoms with Crippen LogP contribution in [0.1, 0.15) is 6.92 Å². The van der Waals surface area contributed by atoms with Crippen LogP contribution >= 0.6 is 10.7 Å². The van der Waals surface area contributed by atoms with Gasteiger partial charge in [-0.05, 0) is 6.92 Å². The molecule has 0 unspecified atom stereocenters. The van der Waals surface area contributed by atoms with Crippen molar-refractivity contribution >= 4 is 25.9 Å². The minimum atomic E-state index is -3.59. The van der Waals surface area contributed by atoms with Crippen LogP contribution in [-0.2, 0) is 9.05 Å². The molecule has 0 N–H and O–H groups in total. The summed E-state index contributed by atoms with van der Waals surface area (Å²) < 4.78 is 21.1. The Labute approximate surface area is 64.8 Å². The number of hydrogen-bond donors (Lipinski definition) is 0. The Bertz CT molecular complexity index is 253. The van der Waals surface area contributed by atoms with Crippen LogP contribution < -0.4 is 0 Å². The summed E-state index contributed by atoms with van der Waals surface area (Å²) in [6, 6.07) is 0. The third kappa shape index (κ3) is 2.98. The van der Waals surface area contributed by atoms with Crippen molar-refractivity contribution < 1.29 is 8.42 Å². The first-order chi connectivity index (χ1) is 4.52. The van der Waals surface area contributed by atoms with E-state index in [0.29, 0.717) is 0 Å². The van der Waals surface area contributed by atoms with Crippen molar-refractivity contribution in [3.63, 3.8) is 0 Å². The molecule has 0 aliphatic carbocycles. The number of rotatable bonds is 2. The zero-order chi connectivity index (χ0) is 8.20. The van der Waals surface area contributed by atoms with Crippen LogP contribution in [0.3, 0.4) is 0 Å². The molecule has 0 spiro atoms. The second kappa shape index (κ2) is 3.73. The molecule has 0 amide bonds. The van der Waals surface area contributed by atoms with E-state index >= 15 is 0 Å². The fourth-order valence-corrected chi connectivity index (χ4v) is 1.31. The van der Waals surface area contributed by atoms with Gasteiger partial charge in [0.25, 0.3) is 9.05 Å². The smallest absolute Gasteiger partial charge is 0.262 e. The Kier molecular flexibility index (Phi) is 3.60. The Morgan fingerprint density at radius 3 is 2.20 bits per heavy atom. The maximum absolute atomic E-state index is 10.6. The van der Waals surface area contributed by atoms with E-state index in [-0.39, 0.29) is 4.91 Å². The molecule has 0 aromatic heterocycles. The second-order valence-corrected chi connectivity index (χ2v) is 4.08. The average molecular weight is 182 g/mol. The molecule has 0 fully saturated rings. The monoisotopic (exact) mass is 181 g/mol. The molecule has 0 aliphatic rings. The Morgan fingerprint density at radius 2 is 2.10 bits per heavy atom. The fourth-order valence-electron chi connectivity index (χ4n) is 0.405. The highest BCUT2D eigenvalue weighted by Crippen LogP contribution is 2.08. The summed E-state index contributed by atoms with van der Waals surface area (Å²) in [5.41, 5.74) is 0. The predicted octanol–water partition coefficient (Wildman–Crippen LogP) is 1.16. The third-order valence-corrected chi connectivity index (χ3v) is 2.26. The molecule has 58 valence electrons. The highest BCUT2D eigenvalue weighted by Gasteiger charge is 2.08. The fraction of sp³-hybridized carbons (Fsp3) is 0.400. The largest absolute Gasteiger partial charge is 0.295 e. The number of halogens is 1. The summed E-state index contributed by atoms with van der Waals surface area (Å²) >= 11 is 0. The van der Waals surface area contributed by atoms with Gasteiger partial charge in [-0.3, -0.25) is 4.99 Å². The van der Waals surface area contributed by atoms with Crippen LogP contribution in [0, 0.1) is 0 Å². The first-order valence-corrected chi connectivity index (χ1v) is 4.86. The number of hydrogen-bond acceptors (Lipinski definition) is 3. The van der Waals surface area contributed by atoms with E-state index in [0.717, 1.165) is 0 Å². The van der Waals surface area contributed by atoms with E-state index in [2.05, 4.69) is 4.99 Å². The van der Waals surface area contributed by atoms with E-state index in [9.17, 15) is 8.42 Å². The van der Waals surface area contributed by atoms with Crippen LogP contribution in [-0.4, -0.2) is 21.7 Å². The lowest BCUT2D eigenvalue weighted by Gasteiger charge is -1.90. The van der Waals surface area contributed by atoms with Crippen LogP contribution in [0.2, 0.25) is 0 Å². The molecule has 0 radical (unpaired) electrons. The lowest BCUT2D eigenvalue weighted by atomic mass is 10.5. The molecule has 0 heterocycles. The Morgan fingerprint density at radius 1 is 1.60 bits per heavy atom. The minimum Gasteiger partial charge on any atom is -0.295 e. The molecule has 5 heteroatoms. The molecule has 3 nitrogen and oxygen atoms in total. The first-order valence-electron chi connectivity index (χ1n) is 2.55. The summed E-state index contributed by atoms with van der Waals surface area (Å²) in [4.78, 5) is 3.54. The quantitative estimate of drug-likeness (QED) is 0.474. The Hall–Kier alpha value is -0.350. The summed E-state index contributed by atoms with van der Waals surface area (Å²) in [5, 5.41) is 0. The van der Waals surface area contributed by atoms with Crippen molar-refractivity contribution in [3.05, 3.63) is 11.0 Å². The lowest BCUT2D eigenvalue weighted by Crippen LogP contribution is -1.95. The summed E-state index contributed by atoms with van der Waals surface area (Å²) in [6.07, 6.45) is 2.58. The average Bonchev–Trinajstić information content (AvgIpc) is 1.80. The molecule has 0 bridgehead atoms. The first kappa shape index (κ1) is 9.65. The topological polar surface area (TPSA) is 46.5 Å². The van der Waals surface area contributed by atoms with E-state index in [1.165, 1.54) is 19.3 Å². The molecule has 0 saturated heterocycles. The maximum atomic E-state index is 10.6. The van der Waals surface area contributed by atoms with Gasteiger partial charge in [0.05, 0.1) is 4.91 Å². The number of nitrogens with zero attached hydrogens (tertiary/aromatic N) is 1. The van der Waals surface area contributed by atoms with Crippen LogP contribution in [0.4, 0.5) is 0 Å². The zero-order valence-corrected chi connectivity index (χ0v) is 7.28. The summed E-state index contributed by atoms with van der Waals surface area (Å²) in [6.45, 7) is 1.58.